The van der Waals surface area contributed by atoms with Crippen molar-refractivity contribution in [1.29, 1.82) is 0 Å². The highest BCUT2D eigenvalue weighted by atomic mass is 16.5. The van der Waals surface area contributed by atoms with Gasteiger partial charge in [-0.05, 0) is 29.8 Å². The largest absolute Gasteiger partial charge is 0.480 e. The molecule has 1 aromatic heterocycles. The van der Waals surface area contributed by atoms with Gasteiger partial charge in [-0.3, -0.25) is 0 Å². The van der Waals surface area contributed by atoms with Crippen molar-refractivity contribution in [3.05, 3.63) is 65.5 Å². The van der Waals surface area contributed by atoms with Crippen LogP contribution < -0.4 is 0 Å². The Labute approximate surface area is 144 Å². The van der Waals surface area contributed by atoms with Crippen LogP contribution in [0.15, 0.2) is 53.5 Å². The number of carbonyl (C=O) groups is 1. The maximum atomic E-state index is 10.9. The molecule has 0 bridgehead atoms. The van der Waals surface area contributed by atoms with Crippen LogP contribution in [0, 0.1) is 0 Å². The van der Waals surface area contributed by atoms with E-state index in [2.05, 4.69) is 20.6 Å². The third kappa shape index (κ3) is 2.87. The van der Waals surface area contributed by atoms with E-state index in [-0.39, 0.29) is 6.61 Å². The number of hydrogen-bond acceptors (Lipinski definition) is 4. The van der Waals surface area contributed by atoms with Crippen molar-refractivity contribution in [2.75, 3.05) is 6.61 Å². The van der Waals surface area contributed by atoms with Crippen molar-refractivity contribution in [2.45, 2.75) is 12.5 Å². The van der Waals surface area contributed by atoms with Crippen LogP contribution in [0.3, 0.4) is 0 Å². The van der Waals surface area contributed by atoms with Crippen molar-refractivity contribution in [3.8, 4) is 0 Å². The minimum atomic E-state index is -0.964. The zero-order chi connectivity index (χ0) is 17.4. The number of benzene rings is 2. The van der Waals surface area contributed by atoms with Crippen LogP contribution in [-0.4, -0.2) is 39.2 Å². The average Bonchev–Trinajstić information content (AvgIpc) is 3.22. The Hall–Kier alpha value is -3.15. The topological polar surface area (TPSA) is 76.7 Å². The Morgan fingerprint density at radius 1 is 1.24 bits per heavy atom. The van der Waals surface area contributed by atoms with Gasteiger partial charge in [-0.25, -0.2) is 14.8 Å². The Morgan fingerprint density at radius 3 is 2.68 bits per heavy atom. The lowest BCUT2D eigenvalue weighted by molar-refractivity contribution is -0.138. The third-order valence-corrected chi connectivity index (χ3v) is 4.38. The summed E-state index contributed by atoms with van der Waals surface area (Å²) < 4.78 is 7.48. The van der Waals surface area contributed by atoms with Gasteiger partial charge >= 0.3 is 5.97 Å². The second-order valence-electron chi connectivity index (χ2n) is 6.05. The number of carboxylic acids is 1. The molecular weight excluding hydrogens is 318 g/mol. The Bertz CT molecular complexity index is 973. The molecule has 0 saturated heterocycles. The molecule has 1 aliphatic rings. The third-order valence-electron chi connectivity index (χ3n) is 4.38. The zero-order valence-electron chi connectivity index (χ0n) is 13.7. The number of fused-ring (bicyclic) bond motifs is 1. The first-order valence-corrected chi connectivity index (χ1v) is 8.05. The molecule has 1 aliphatic heterocycles. The molecule has 2 aromatic carbocycles. The maximum Gasteiger partial charge on any atom is 0.332 e. The van der Waals surface area contributed by atoms with Gasteiger partial charge in [0.1, 0.15) is 12.4 Å². The lowest BCUT2D eigenvalue weighted by Gasteiger charge is -2.05. The highest BCUT2D eigenvalue weighted by Crippen LogP contribution is 2.18. The standard InChI is InChI=1S/C19H17N3O3/c1-22-16-5-3-2-4-14(16)20-17(22)10-12-6-8-13(9-7-12)18-21-15(11-25-18)19(23)24/h2-9,15H,10-11H2,1H3,(H,23,24). The number of carboxylic acid groups (broad SMARTS) is 1. The molecule has 1 atom stereocenters. The van der Waals surface area contributed by atoms with Gasteiger partial charge < -0.3 is 14.4 Å². The minimum Gasteiger partial charge on any atom is -0.480 e. The van der Waals surface area contributed by atoms with Crippen molar-refractivity contribution in [1.82, 2.24) is 9.55 Å². The summed E-state index contributed by atoms with van der Waals surface area (Å²) in [4.78, 5) is 19.7. The first kappa shape index (κ1) is 15.4. The first-order chi connectivity index (χ1) is 12.1. The molecular formula is C19H17N3O3. The molecule has 6 heteroatoms. The van der Waals surface area contributed by atoms with E-state index in [0.29, 0.717) is 5.90 Å². The second-order valence-corrected chi connectivity index (χ2v) is 6.05. The van der Waals surface area contributed by atoms with E-state index >= 15 is 0 Å². The molecule has 0 radical (unpaired) electrons. The van der Waals surface area contributed by atoms with Crippen LogP contribution in [0.1, 0.15) is 17.0 Å². The fraction of sp³-hybridized carbons (Fsp3) is 0.211. The molecule has 4 rings (SSSR count). The van der Waals surface area contributed by atoms with Gasteiger partial charge in [0.15, 0.2) is 6.04 Å². The number of aromatic nitrogens is 2. The predicted octanol–water partition coefficient (Wildman–Crippen LogP) is 2.39. The number of nitrogens with zero attached hydrogens (tertiary/aromatic N) is 3. The summed E-state index contributed by atoms with van der Waals surface area (Å²) in [6, 6.07) is 15.1. The summed E-state index contributed by atoms with van der Waals surface area (Å²) in [5, 5.41) is 8.98. The lowest BCUT2D eigenvalue weighted by Crippen LogP contribution is -2.18. The van der Waals surface area contributed by atoms with Crippen LogP contribution in [0.5, 0.6) is 0 Å². The molecule has 0 spiro atoms. The maximum absolute atomic E-state index is 10.9. The number of hydrogen-bond donors (Lipinski definition) is 1. The van der Waals surface area contributed by atoms with Crippen LogP contribution in [0.2, 0.25) is 0 Å². The molecule has 1 N–H and O–H groups in total. The fourth-order valence-corrected chi connectivity index (χ4v) is 2.96. The highest BCUT2D eigenvalue weighted by molar-refractivity contribution is 5.97. The van der Waals surface area contributed by atoms with E-state index in [1.165, 1.54) is 0 Å². The number of ether oxygens (including phenoxy) is 1. The first-order valence-electron chi connectivity index (χ1n) is 8.05. The van der Waals surface area contributed by atoms with Gasteiger partial charge in [-0.1, -0.05) is 24.3 Å². The van der Waals surface area contributed by atoms with Gasteiger partial charge in [0.05, 0.1) is 11.0 Å². The number of para-hydroxylation sites is 2. The lowest BCUT2D eigenvalue weighted by atomic mass is 10.1. The van der Waals surface area contributed by atoms with Gasteiger partial charge in [-0.2, -0.15) is 0 Å². The normalized spacial score (nSPS) is 16.7. The van der Waals surface area contributed by atoms with Gasteiger partial charge in [0, 0.05) is 19.0 Å². The molecule has 0 fully saturated rings. The highest BCUT2D eigenvalue weighted by Gasteiger charge is 2.25. The quantitative estimate of drug-likeness (QED) is 0.794. The number of aliphatic carboxylic acids is 1. The van der Waals surface area contributed by atoms with E-state index in [1.807, 2.05) is 49.5 Å². The smallest absolute Gasteiger partial charge is 0.332 e. The van der Waals surface area contributed by atoms with Crippen molar-refractivity contribution in [2.24, 2.45) is 12.0 Å². The monoisotopic (exact) mass is 335 g/mol. The minimum absolute atomic E-state index is 0.0896. The SMILES string of the molecule is Cn1c(Cc2ccc(C3=NC(C(=O)O)CO3)cc2)nc2ccccc21. The summed E-state index contributed by atoms with van der Waals surface area (Å²) in [6.45, 7) is 0.0896. The predicted molar refractivity (Wildman–Crippen MR) is 93.9 cm³/mol. The second kappa shape index (κ2) is 6.05. The summed E-state index contributed by atoms with van der Waals surface area (Å²) in [6.07, 6.45) is 0.719. The number of imidazole rings is 1. The van der Waals surface area contributed by atoms with Crippen molar-refractivity contribution in [3.63, 3.8) is 0 Å². The molecule has 6 nitrogen and oxygen atoms in total. The Kier molecular flexibility index (Phi) is 3.72. The van der Waals surface area contributed by atoms with E-state index in [1.54, 1.807) is 0 Å². The molecule has 2 heterocycles. The van der Waals surface area contributed by atoms with E-state index in [0.717, 1.165) is 34.4 Å². The van der Waals surface area contributed by atoms with E-state index < -0.39 is 12.0 Å². The Morgan fingerprint density at radius 2 is 2.00 bits per heavy atom. The van der Waals surface area contributed by atoms with Crippen LogP contribution in [0.25, 0.3) is 11.0 Å². The van der Waals surface area contributed by atoms with Crippen molar-refractivity contribution >= 4 is 22.9 Å². The number of aliphatic imine (C=N–C) groups is 1. The fourth-order valence-electron chi connectivity index (χ4n) is 2.96. The van der Waals surface area contributed by atoms with Gasteiger partial charge in [0.25, 0.3) is 0 Å². The number of aryl methyl sites for hydroxylation is 1. The Balaban J connectivity index is 1.55. The summed E-state index contributed by atoms with van der Waals surface area (Å²) in [7, 11) is 2.02. The molecule has 0 amide bonds. The summed E-state index contributed by atoms with van der Waals surface area (Å²) >= 11 is 0. The van der Waals surface area contributed by atoms with E-state index in [9.17, 15) is 4.79 Å². The molecule has 0 saturated carbocycles. The molecule has 3 aromatic rings. The molecule has 1 unspecified atom stereocenters. The van der Waals surface area contributed by atoms with Crippen LogP contribution >= 0.6 is 0 Å². The van der Waals surface area contributed by atoms with Crippen LogP contribution in [0.4, 0.5) is 0 Å². The average molecular weight is 335 g/mol. The van der Waals surface area contributed by atoms with Gasteiger partial charge in [-0.15, -0.1) is 0 Å². The molecule has 0 aliphatic carbocycles. The van der Waals surface area contributed by atoms with Gasteiger partial charge in [0.2, 0.25) is 5.90 Å². The molecule has 126 valence electrons. The summed E-state index contributed by atoms with van der Waals surface area (Å²) in [5.74, 6) is 0.421. The zero-order valence-corrected chi connectivity index (χ0v) is 13.7. The molecule has 25 heavy (non-hydrogen) atoms. The number of rotatable bonds is 4. The van der Waals surface area contributed by atoms with Crippen LogP contribution in [-0.2, 0) is 23.0 Å². The summed E-state index contributed by atoms with van der Waals surface area (Å²) in [5.41, 5.74) is 4.01. The van der Waals surface area contributed by atoms with E-state index in [4.69, 9.17) is 9.84 Å². The van der Waals surface area contributed by atoms with Crippen molar-refractivity contribution < 1.29 is 14.6 Å².